The predicted octanol–water partition coefficient (Wildman–Crippen LogP) is 2.42. The molecule has 0 saturated carbocycles. The largest absolute Gasteiger partial charge is 0.504 e. The number of ether oxygens (including phenoxy) is 2. The van der Waals surface area contributed by atoms with Crippen LogP contribution in [-0.4, -0.2) is 18.2 Å². The van der Waals surface area contributed by atoms with Crippen molar-refractivity contribution in [2.75, 3.05) is 7.11 Å². The van der Waals surface area contributed by atoms with Crippen molar-refractivity contribution < 1.29 is 19.4 Å². The molecule has 4 heteroatoms. The van der Waals surface area contributed by atoms with Gasteiger partial charge in [-0.3, -0.25) is 0 Å². The minimum absolute atomic E-state index is 0.0433. The van der Waals surface area contributed by atoms with Crippen LogP contribution in [0.25, 0.3) is 0 Å². The first-order valence-corrected chi connectivity index (χ1v) is 5.49. The Labute approximate surface area is 99.5 Å². The van der Waals surface area contributed by atoms with Gasteiger partial charge in [-0.2, -0.15) is 0 Å². The van der Waals surface area contributed by atoms with Crippen LogP contribution in [0.15, 0.2) is 29.8 Å². The van der Waals surface area contributed by atoms with Crippen molar-refractivity contribution in [3.8, 4) is 17.2 Å². The lowest BCUT2D eigenvalue weighted by Gasteiger charge is -2.07. The molecule has 0 heterocycles. The number of carbonyl (C=O) groups is 1. The summed E-state index contributed by atoms with van der Waals surface area (Å²) in [6, 6.07) is 4.51. The fraction of sp³-hybridized carbons (Fsp3) is 0.308. The molecule has 0 amide bonds. The Kier molecular flexibility index (Phi) is 3.32. The number of rotatable bonds is 3. The van der Waals surface area contributed by atoms with Crippen LogP contribution >= 0.6 is 0 Å². The highest BCUT2D eigenvalue weighted by Gasteiger charge is 2.16. The number of esters is 1. The number of phenols is 1. The van der Waals surface area contributed by atoms with Crippen molar-refractivity contribution in [1.29, 1.82) is 0 Å². The molecule has 0 spiro atoms. The molecule has 0 radical (unpaired) electrons. The zero-order chi connectivity index (χ0) is 12.3. The van der Waals surface area contributed by atoms with Crippen molar-refractivity contribution in [2.45, 2.75) is 19.3 Å². The first-order chi connectivity index (χ1) is 8.20. The first kappa shape index (κ1) is 11.5. The van der Waals surface area contributed by atoms with Gasteiger partial charge < -0.3 is 14.6 Å². The topological polar surface area (TPSA) is 55.8 Å². The number of aromatic hydroxyl groups is 1. The van der Waals surface area contributed by atoms with E-state index in [1.165, 1.54) is 13.2 Å². The highest BCUT2D eigenvalue weighted by molar-refractivity contribution is 5.90. The number of hydrogen-bond donors (Lipinski definition) is 1. The smallest absolute Gasteiger partial charge is 0.339 e. The van der Waals surface area contributed by atoms with Gasteiger partial charge >= 0.3 is 5.97 Å². The highest BCUT2D eigenvalue weighted by atomic mass is 16.5. The predicted molar refractivity (Wildman–Crippen MR) is 62.2 cm³/mol. The van der Waals surface area contributed by atoms with E-state index in [0.717, 1.165) is 19.3 Å². The zero-order valence-electron chi connectivity index (χ0n) is 9.60. The van der Waals surface area contributed by atoms with Crippen molar-refractivity contribution in [2.24, 2.45) is 0 Å². The van der Waals surface area contributed by atoms with E-state index < -0.39 is 0 Å². The lowest BCUT2D eigenvalue weighted by Crippen LogP contribution is -2.09. The number of carbonyl (C=O) groups excluding carboxylic acids is 1. The molecular formula is C13H14O4. The standard InChI is InChI=1S/C13H14O4/c1-16-12-7-6-10(8-11(12)14)17-13(15)9-4-2-3-5-9/h4,6-8,14H,2-3,5H2,1H3. The Hall–Kier alpha value is -1.97. The number of hydrogen-bond acceptors (Lipinski definition) is 4. The third-order valence-electron chi connectivity index (χ3n) is 2.66. The fourth-order valence-corrected chi connectivity index (χ4v) is 1.76. The van der Waals surface area contributed by atoms with Crippen LogP contribution in [0.4, 0.5) is 0 Å². The quantitative estimate of drug-likeness (QED) is 0.644. The molecule has 0 unspecified atom stereocenters. The molecule has 0 aliphatic heterocycles. The molecule has 1 aromatic carbocycles. The molecule has 1 aromatic rings. The lowest BCUT2D eigenvalue weighted by molar-refractivity contribution is -0.130. The van der Waals surface area contributed by atoms with E-state index in [1.807, 2.05) is 6.08 Å². The molecule has 1 aliphatic rings. The van der Waals surface area contributed by atoms with Crippen LogP contribution in [0.2, 0.25) is 0 Å². The summed E-state index contributed by atoms with van der Waals surface area (Å²) in [5.74, 6) is 0.288. The molecule has 1 aliphatic carbocycles. The Morgan fingerprint density at radius 2 is 2.24 bits per heavy atom. The molecule has 0 atom stereocenters. The molecule has 1 N–H and O–H groups in total. The zero-order valence-corrected chi connectivity index (χ0v) is 9.60. The van der Waals surface area contributed by atoms with Gasteiger partial charge in [0, 0.05) is 11.6 Å². The Morgan fingerprint density at radius 3 is 2.82 bits per heavy atom. The molecule has 2 rings (SSSR count). The Morgan fingerprint density at radius 1 is 1.41 bits per heavy atom. The van der Waals surface area contributed by atoms with E-state index in [-0.39, 0.29) is 11.7 Å². The van der Waals surface area contributed by atoms with E-state index >= 15 is 0 Å². The van der Waals surface area contributed by atoms with E-state index in [0.29, 0.717) is 17.1 Å². The minimum Gasteiger partial charge on any atom is -0.504 e. The van der Waals surface area contributed by atoms with Crippen molar-refractivity contribution in [3.05, 3.63) is 29.8 Å². The third kappa shape index (κ3) is 2.58. The molecule has 4 nitrogen and oxygen atoms in total. The maximum atomic E-state index is 11.7. The Bertz CT molecular complexity index is 462. The highest BCUT2D eigenvalue weighted by Crippen LogP contribution is 2.30. The summed E-state index contributed by atoms with van der Waals surface area (Å²) < 4.78 is 10.1. The molecule has 0 bridgehead atoms. The number of methoxy groups -OCH3 is 1. The maximum absolute atomic E-state index is 11.7. The van der Waals surface area contributed by atoms with Gasteiger partial charge in [-0.05, 0) is 31.4 Å². The van der Waals surface area contributed by atoms with Crippen LogP contribution in [-0.2, 0) is 4.79 Å². The van der Waals surface area contributed by atoms with Gasteiger partial charge in [0.1, 0.15) is 5.75 Å². The molecule has 0 fully saturated rings. The van der Waals surface area contributed by atoms with Crippen LogP contribution in [0.1, 0.15) is 19.3 Å². The summed E-state index contributed by atoms with van der Waals surface area (Å²) in [5.41, 5.74) is 0.709. The van der Waals surface area contributed by atoms with Crippen molar-refractivity contribution in [3.63, 3.8) is 0 Å². The SMILES string of the molecule is COc1ccc(OC(=O)C2=CCCC2)cc1O. The summed E-state index contributed by atoms with van der Waals surface area (Å²) in [7, 11) is 1.46. The van der Waals surface area contributed by atoms with Gasteiger partial charge in [0.15, 0.2) is 11.5 Å². The fourth-order valence-electron chi connectivity index (χ4n) is 1.76. The van der Waals surface area contributed by atoms with Crippen LogP contribution < -0.4 is 9.47 Å². The summed E-state index contributed by atoms with van der Waals surface area (Å²) in [6.07, 6.45) is 4.59. The van der Waals surface area contributed by atoms with Gasteiger partial charge in [-0.1, -0.05) is 6.08 Å². The monoisotopic (exact) mass is 234 g/mol. The van der Waals surface area contributed by atoms with Gasteiger partial charge in [-0.15, -0.1) is 0 Å². The first-order valence-electron chi connectivity index (χ1n) is 5.49. The number of allylic oxidation sites excluding steroid dienone is 1. The molecule has 17 heavy (non-hydrogen) atoms. The van der Waals surface area contributed by atoms with Crippen LogP contribution in [0.3, 0.4) is 0 Å². The van der Waals surface area contributed by atoms with Crippen molar-refractivity contribution in [1.82, 2.24) is 0 Å². The van der Waals surface area contributed by atoms with E-state index in [4.69, 9.17) is 9.47 Å². The lowest BCUT2D eigenvalue weighted by atomic mass is 10.2. The summed E-state index contributed by atoms with van der Waals surface area (Å²) in [6.45, 7) is 0. The molecule has 0 aromatic heterocycles. The van der Waals surface area contributed by atoms with Crippen molar-refractivity contribution >= 4 is 5.97 Å². The normalized spacial score (nSPS) is 14.3. The van der Waals surface area contributed by atoms with Gasteiger partial charge in [0.2, 0.25) is 0 Å². The maximum Gasteiger partial charge on any atom is 0.339 e. The second-order valence-electron chi connectivity index (χ2n) is 3.84. The number of benzene rings is 1. The van der Waals surface area contributed by atoms with Crippen LogP contribution in [0.5, 0.6) is 17.2 Å². The van der Waals surface area contributed by atoms with E-state index in [1.54, 1.807) is 12.1 Å². The van der Waals surface area contributed by atoms with Gasteiger partial charge in [-0.25, -0.2) is 4.79 Å². The molecule has 0 saturated heterocycles. The average Bonchev–Trinajstić information content (AvgIpc) is 2.82. The second kappa shape index (κ2) is 4.91. The van der Waals surface area contributed by atoms with Gasteiger partial charge in [0.25, 0.3) is 0 Å². The average molecular weight is 234 g/mol. The van der Waals surface area contributed by atoms with E-state index in [2.05, 4.69) is 0 Å². The second-order valence-corrected chi connectivity index (χ2v) is 3.84. The van der Waals surface area contributed by atoms with Gasteiger partial charge in [0.05, 0.1) is 7.11 Å². The third-order valence-corrected chi connectivity index (χ3v) is 2.66. The molecule has 90 valence electrons. The summed E-state index contributed by atoms with van der Waals surface area (Å²) in [4.78, 5) is 11.7. The van der Waals surface area contributed by atoms with Crippen LogP contribution in [0, 0.1) is 0 Å². The molecular weight excluding hydrogens is 220 g/mol. The number of phenolic OH excluding ortho intramolecular Hbond substituents is 1. The summed E-state index contributed by atoms with van der Waals surface area (Å²) >= 11 is 0. The summed E-state index contributed by atoms with van der Waals surface area (Å²) in [5, 5.41) is 9.54. The van der Waals surface area contributed by atoms with E-state index in [9.17, 15) is 9.90 Å². The Balaban J connectivity index is 2.08. The minimum atomic E-state index is -0.341.